The van der Waals surface area contributed by atoms with Crippen LogP contribution in [0, 0.1) is 5.92 Å². The average Bonchev–Trinajstić information content (AvgIpc) is 2.38. The molecule has 0 aliphatic heterocycles. The summed E-state index contributed by atoms with van der Waals surface area (Å²) >= 11 is 0. The Bertz CT molecular complexity index is 351. The molecule has 1 nitrogen and oxygen atoms in total. The maximum Gasteiger partial charge on any atom is 0.0167 e. The Hall–Kier alpha value is -1.08. The highest BCUT2D eigenvalue weighted by Gasteiger charge is 2.07. The van der Waals surface area contributed by atoms with Gasteiger partial charge in [-0.15, -0.1) is 0 Å². The molecule has 1 unspecified atom stereocenters. The number of nitrogens with one attached hydrogen (secondary N) is 1. The fourth-order valence-electron chi connectivity index (χ4n) is 2.04. The summed E-state index contributed by atoms with van der Waals surface area (Å²) in [6.07, 6.45) is 3.61. The minimum atomic E-state index is 0.493. The van der Waals surface area contributed by atoms with E-state index in [9.17, 15) is 0 Å². The van der Waals surface area contributed by atoms with Crippen LogP contribution in [0.4, 0.5) is 0 Å². The van der Waals surface area contributed by atoms with Gasteiger partial charge in [-0.3, -0.25) is 0 Å². The maximum absolute atomic E-state index is 3.51. The highest BCUT2D eigenvalue weighted by molar-refractivity contribution is 5.25. The lowest BCUT2D eigenvalue weighted by molar-refractivity contribution is 0.646. The first-order valence-electron chi connectivity index (χ1n) is 7.11. The van der Waals surface area contributed by atoms with E-state index in [1.807, 2.05) is 0 Å². The summed E-state index contributed by atoms with van der Waals surface area (Å²) < 4.78 is 0. The van der Waals surface area contributed by atoms with Crippen LogP contribution in [-0.4, -0.2) is 13.1 Å². The van der Waals surface area contributed by atoms with Gasteiger partial charge in [0.2, 0.25) is 0 Å². The number of rotatable bonds is 7. The van der Waals surface area contributed by atoms with Crippen molar-refractivity contribution in [2.24, 2.45) is 5.92 Å². The van der Waals surface area contributed by atoms with Crippen LogP contribution in [0.3, 0.4) is 0 Å². The molecule has 1 atom stereocenters. The minimum absolute atomic E-state index is 0.493. The van der Waals surface area contributed by atoms with Gasteiger partial charge >= 0.3 is 0 Å². The molecule has 0 aliphatic carbocycles. The minimum Gasteiger partial charge on any atom is -0.313 e. The number of allylic oxidation sites excluding steroid dienone is 1. The van der Waals surface area contributed by atoms with Gasteiger partial charge < -0.3 is 5.32 Å². The van der Waals surface area contributed by atoms with Gasteiger partial charge in [0, 0.05) is 6.54 Å². The lowest BCUT2D eigenvalue weighted by Crippen LogP contribution is -2.20. The Morgan fingerprint density at radius 2 is 1.83 bits per heavy atom. The van der Waals surface area contributed by atoms with Crippen molar-refractivity contribution >= 4 is 0 Å². The van der Waals surface area contributed by atoms with Crippen LogP contribution in [0.5, 0.6) is 0 Å². The molecule has 18 heavy (non-hydrogen) atoms. The molecule has 0 aromatic heterocycles. The second kappa shape index (κ2) is 8.10. The smallest absolute Gasteiger partial charge is 0.0167 e. The normalized spacial score (nSPS) is 13.9. The van der Waals surface area contributed by atoms with Crippen molar-refractivity contribution in [3.63, 3.8) is 0 Å². The lowest BCUT2D eigenvalue weighted by Gasteiger charge is -2.16. The molecule has 0 amide bonds. The lowest BCUT2D eigenvalue weighted by atomic mass is 9.94. The Morgan fingerprint density at radius 1 is 1.17 bits per heavy atom. The second-order valence-corrected chi connectivity index (χ2v) is 5.27. The Morgan fingerprint density at radius 3 is 2.39 bits per heavy atom. The van der Waals surface area contributed by atoms with E-state index in [4.69, 9.17) is 0 Å². The van der Waals surface area contributed by atoms with Crippen LogP contribution >= 0.6 is 0 Å². The molecule has 1 heteroatoms. The van der Waals surface area contributed by atoms with E-state index in [1.54, 1.807) is 0 Å². The largest absolute Gasteiger partial charge is 0.313 e. The Balaban J connectivity index is 2.69. The molecule has 0 fully saturated rings. The van der Waals surface area contributed by atoms with Crippen LogP contribution in [0.2, 0.25) is 0 Å². The van der Waals surface area contributed by atoms with Gasteiger partial charge in [0.1, 0.15) is 0 Å². The van der Waals surface area contributed by atoms with Gasteiger partial charge in [0.15, 0.2) is 0 Å². The van der Waals surface area contributed by atoms with Crippen LogP contribution in [0.15, 0.2) is 42.0 Å². The fraction of sp³-hybridized carbons (Fsp3) is 0.529. The van der Waals surface area contributed by atoms with Crippen molar-refractivity contribution in [3.05, 3.63) is 47.5 Å². The standard InChI is InChI=1S/C17H27N/c1-5-11-18-13-17(14(2)3)12-15(4)16-9-7-6-8-10-16/h6-10,12,14-15,18H,5,11,13H2,1-4H3/b17-12-. The molecule has 0 bridgehead atoms. The van der Waals surface area contributed by atoms with E-state index < -0.39 is 0 Å². The molecule has 100 valence electrons. The van der Waals surface area contributed by atoms with Gasteiger partial charge in [0.25, 0.3) is 0 Å². The van der Waals surface area contributed by atoms with E-state index in [1.165, 1.54) is 17.6 Å². The average molecular weight is 245 g/mol. The SMILES string of the molecule is CCCNC/C(=C/C(C)c1ccccc1)C(C)C. The van der Waals surface area contributed by atoms with Crippen LogP contribution in [0.1, 0.15) is 45.6 Å². The van der Waals surface area contributed by atoms with E-state index in [0.29, 0.717) is 11.8 Å². The monoisotopic (exact) mass is 245 g/mol. The molecule has 0 spiro atoms. The third-order valence-corrected chi connectivity index (χ3v) is 3.29. The zero-order valence-corrected chi connectivity index (χ0v) is 12.2. The van der Waals surface area contributed by atoms with E-state index >= 15 is 0 Å². The topological polar surface area (TPSA) is 12.0 Å². The summed E-state index contributed by atoms with van der Waals surface area (Å²) in [6, 6.07) is 10.7. The highest BCUT2D eigenvalue weighted by Crippen LogP contribution is 2.20. The maximum atomic E-state index is 3.51. The van der Waals surface area contributed by atoms with Gasteiger partial charge in [-0.2, -0.15) is 0 Å². The molecule has 0 saturated heterocycles. The van der Waals surface area contributed by atoms with Gasteiger partial charge in [0.05, 0.1) is 0 Å². The van der Waals surface area contributed by atoms with Crippen molar-refractivity contribution in [3.8, 4) is 0 Å². The summed E-state index contributed by atoms with van der Waals surface area (Å²) in [7, 11) is 0. The molecular weight excluding hydrogens is 218 g/mol. The van der Waals surface area contributed by atoms with Gasteiger partial charge in [-0.1, -0.05) is 69.7 Å². The molecule has 0 aliphatic rings. The zero-order valence-electron chi connectivity index (χ0n) is 12.2. The molecular formula is C17H27N. The van der Waals surface area contributed by atoms with Gasteiger partial charge in [-0.05, 0) is 30.4 Å². The quantitative estimate of drug-likeness (QED) is 0.555. The zero-order chi connectivity index (χ0) is 13.4. The molecule has 1 rings (SSSR count). The van der Waals surface area contributed by atoms with Gasteiger partial charge in [-0.25, -0.2) is 0 Å². The highest BCUT2D eigenvalue weighted by atomic mass is 14.8. The van der Waals surface area contributed by atoms with E-state index in [0.717, 1.165) is 13.1 Å². The molecule has 1 aromatic carbocycles. The molecule has 0 saturated carbocycles. The fourth-order valence-corrected chi connectivity index (χ4v) is 2.04. The summed E-state index contributed by atoms with van der Waals surface area (Å²) in [4.78, 5) is 0. The van der Waals surface area contributed by atoms with Crippen LogP contribution in [0.25, 0.3) is 0 Å². The third-order valence-electron chi connectivity index (χ3n) is 3.29. The Kier molecular flexibility index (Phi) is 6.74. The van der Waals surface area contributed by atoms with Crippen LogP contribution in [-0.2, 0) is 0 Å². The second-order valence-electron chi connectivity index (χ2n) is 5.27. The number of hydrogen-bond donors (Lipinski definition) is 1. The number of hydrogen-bond acceptors (Lipinski definition) is 1. The van der Waals surface area contributed by atoms with Crippen molar-refractivity contribution in [2.75, 3.05) is 13.1 Å². The summed E-state index contributed by atoms with van der Waals surface area (Å²) in [6.45, 7) is 11.1. The molecule has 0 heterocycles. The van der Waals surface area contributed by atoms with Crippen molar-refractivity contribution < 1.29 is 0 Å². The first-order chi connectivity index (χ1) is 8.65. The van der Waals surface area contributed by atoms with E-state index in [-0.39, 0.29) is 0 Å². The predicted octanol–water partition coefficient (Wildman–Crippen LogP) is 4.37. The summed E-state index contributed by atoms with van der Waals surface area (Å²) in [5.74, 6) is 1.10. The third kappa shape index (κ3) is 5.05. The Labute approximate surface area is 112 Å². The van der Waals surface area contributed by atoms with Crippen LogP contribution < -0.4 is 5.32 Å². The molecule has 0 radical (unpaired) electrons. The predicted molar refractivity (Wildman–Crippen MR) is 80.9 cm³/mol. The molecule has 1 N–H and O–H groups in total. The summed E-state index contributed by atoms with van der Waals surface area (Å²) in [5, 5.41) is 3.51. The van der Waals surface area contributed by atoms with Crippen molar-refractivity contribution in [1.82, 2.24) is 5.32 Å². The van der Waals surface area contributed by atoms with Crippen molar-refractivity contribution in [1.29, 1.82) is 0 Å². The summed E-state index contributed by atoms with van der Waals surface area (Å²) in [5.41, 5.74) is 2.91. The van der Waals surface area contributed by atoms with E-state index in [2.05, 4.69) is 69.4 Å². The first kappa shape index (κ1) is 15.0. The van der Waals surface area contributed by atoms with Crippen molar-refractivity contribution in [2.45, 2.75) is 40.0 Å². The number of benzene rings is 1. The first-order valence-corrected chi connectivity index (χ1v) is 7.11. The molecule has 1 aromatic rings.